The van der Waals surface area contributed by atoms with Crippen molar-refractivity contribution in [2.45, 2.75) is 32.0 Å². The highest BCUT2D eigenvalue weighted by Crippen LogP contribution is 2.13. The lowest BCUT2D eigenvalue weighted by Crippen LogP contribution is -2.03. The number of hydrogen-bond donors (Lipinski definition) is 0. The molecule has 0 saturated carbocycles. The van der Waals surface area contributed by atoms with Crippen LogP contribution in [0.1, 0.15) is 27.2 Å². The minimum atomic E-state index is 0.678. The summed E-state index contributed by atoms with van der Waals surface area (Å²) >= 11 is 3.50. The molecule has 0 spiro atoms. The van der Waals surface area contributed by atoms with E-state index in [0.717, 1.165) is 5.92 Å². The summed E-state index contributed by atoms with van der Waals surface area (Å²) < 4.78 is 0. The van der Waals surface area contributed by atoms with Gasteiger partial charge in [0.15, 0.2) is 0 Å². The van der Waals surface area contributed by atoms with E-state index in [1.807, 2.05) is 0 Å². The van der Waals surface area contributed by atoms with E-state index >= 15 is 0 Å². The lowest BCUT2D eigenvalue weighted by molar-refractivity contribution is 0.564. The van der Waals surface area contributed by atoms with Gasteiger partial charge in [0.1, 0.15) is 0 Å². The highest BCUT2D eigenvalue weighted by atomic mass is 79.9. The fourth-order valence-corrected chi connectivity index (χ4v) is 0.699. The first-order chi connectivity index (χ1) is 3.18. The lowest BCUT2D eigenvalue weighted by Gasteiger charge is -2.08. The van der Waals surface area contributed by atoms with Crippen molar-refractivity contribution in [3.63, 3.8) is 0 Å². The summed E-state index contributed by atoms with van der Waals surface area (Å²) in [5, 5.41) is 0. The smallest absolute Gasteiger partial charge is 0.0143 e. The summed E-state index contributed by atoms with van der Waals surface area (Å²) in [5.41, 5.74) is 0. The fourth-order valence-electron chi connectivity index (χ4n) is 0.325. The highest BCUT2D eigenvalue weighted by Gasteiger charge is 2.03. The topological polar surface area (TPSA) is 0 Å². The Morgan fingerprint density at radius 3 is 1.86 bits per heavy atom. The average Bonchev–Trinajstić information content (AvgIpc) is 1.65. The van der Waals surface area contributed by atoms with Crippen LogP contribution >= 0.6 is 15.9 Å². The van der Waals surface area contributed by atoms with Crippen LogP contribution in [-0.4, -0.2) is 4.83 Å². The molecule has 0 aromatic heterocycles. The lowest BCUT2D eigenvalue weighted by atomic mass is 10.1. The molecule has 7 heavy (non-hydrogen) atoms. The van der Waals surface area contributed by atoms with Gasteiger partial charge in [0.25, 0.3) is 0 Å². The van der Waals surface area contributed by atoms with E-state index in [-0.39, 0.29) is 0 Å². The van der Waals surface area contributed by atoms with Crippen LogP contribution in [-0.2, 0) is 0 Å². The van der Waals surface area contributed by atoms with Crippen molar-refractivity contribution in [3.05, 3.63) is 0 Å². The second kappa shape index (κ2) is 3.48. The molecule has 0 radical (unpaired) electrons. The summed E-state index contributed by atoms with van der Waals surface area (Å²) in [6, 6.07) is 0. The van der Waals surface area contributed by atoms with Gasteiger partial charge in [-0.1, -0.05) is 43.1 Å². The van der Waals surface area contributed by atoms with Crippen LogP contribution in [0, 0.1) is 5.92 Å². The monoisotopic (exact) mass is 164 g/mol. The standard InChI is InChI=1S/C6H13Br/c1-4-5(2)6(3)7/h5-6H,4H2,1-3H3/t5-,6+/m1/s1. The summed E-state index contributed by atoms with van der Waals surface area (Å²) in [4.78, 5) is 0.678. The molecule has 0 aliphatic rings. The van der Waals surface area contributed by atoms with E-state index < -0.39 is 0 Å². The van der Waals surface area contributed by atoms with Gasteiger partial charge in [0.05, 0.1) is 0 Å². The predicted molar refractivity (Wildman–Crippen MR) is 37.8 cm³/mol. The van der Waals surface area contributed by atoms with Crippen molar-refractivity contribution in [2.75, 3.05) is 0 Å². The fraction of sp³-hybridized carbons (Fsp3) is 1.00. The van der Waals surface area contributed by atoms with E-state index in [9.17, 15) is 0 Å². The zero-order valence-corrected chi connectivity index (χ0v) is 6.83. The molecule has 0 saturated heterocycles. The molecular weight excluding hydrogens is 152 g/mol. The molecule has 0 aliphatic heterocycles. The molecule has 1 heteroatoms. The molecule has 0 aromatic carbocycles. The molecule has 0 unspecified atom stereocenters. The Hall–Kier alpha value is 0.480. The number of hydrogen-bond acceptors (Lipinski definition) is 0. The summed E-state index contributed by atoms with van der Waals surface area (Å²) in [6.07, 6.45) is 1.27. The van der Waals surface area contributed by atoms with Gasteiger partial charge in [-0.3, -0.25) is 0 Å². The third-order valence-electron chi connectivity index (χ3n) is 1.43. The Kier molecular flexibility index (Phi) is 3.72. The van der Waals surface area contributed by atoms with Gasteiger partial charge in [-0.25, -0.2) is 0 Å². The third-order valence-corrected chi connectivity index (χ3v) is 2.33. The van der Waals surface area contributed by atoms with Crippen LogP contribution in [0.25, 0.3) is 0 Å². The molecule has 0 aromatic rings. The van der Waals surface area contributed by atoms with E-state index in [0.29, 0.717) is 4.83 Å². The van der Waals surface area contributed by atoms with Crippen LogP contribution in [0.5, 0.6) is 0 Å². The van der Waals surface area contributed by atoms with Crippen molar-refractivity contribution >= 4 is 15.9 Å². The van der Waals surface area contributed by atoms with Gasteiger partial charge >= 0.3 is 0 Å². The molecule has 0 nitrogen and oxygen atoms in total. The van der Waals surface area contributed by atoms with Crippen molar-refractivity contribution in [1.82, 2.24) is 0 Å². The molecule has 0 fully saturated rings. The average molecular weight is 165 g/mol. The largest absolute Gasteiger partial charge is 0.0891 e. The quantitative estimate of drug-likeness (QED) is 0.552. The Morgan fingerprint density at radius 2 is 1.86 bits per heavy atom. The van der Waals surface area contributed by atoms with E-state index in [1.165, 1.54) is 6.42 Å². The van der Waals surface area contributed by atoms with Gasteiger partial charge in [-0.05, 0) is 5.92 Å². The maximum atomic E-state index is 3.50. The summed E-state index contributed by atoms with van der Waals surface area (Å²) in [6.45, 7) is 6.65. The van der Waals surface area contributed by atoms with Crippen LogP contribution in [0.3, 0.4) is 0 Å². The number of rotatable bonds is 2. The Labute approximate surface area is 54.4 Å². The normalized spacial score (nSPS) is 18.9. The van der Waals surface area contributed by atoms with Gasteiger partial charge in [-0.2, -0.15) is 0 Å². The maximum Gasteiger partial charge on any atom is 0.0143 e. The van der Waals surface area contributed by atoms with Crippen LogP contribution in [0.15, 0.2) is 0 Å². The number of alkyl halides is 1. The van der Waals surface area contributed by atoms with Crippen LogP contribution < -0.4 is 0 Å². The summed E-state index contributed by atoms with van der Waals surface area (Å²) in [7, 11) is 0. The molecule has 0 amide bonds. The Balaban J connectivity index is 3.14. The zero-order valence-electron chi connectivity index (χ0n) is 5.24. The van der Waals surface area contributed by atoms with Crippen LogP contribution in [0.2, 0.25) is 0 Å². The Bertz CT molecular complexity index is 41.4. The van der Waals surface area contributed by atoms with E-state index in [4.69, 9.17) is 0 Å². The Morgan fingerprint density at radius 1 is 1.43 bits per heavy atom. The SMILES string of the molecule is CC[C@@H](C)[C@H](C)Br. The van der Waals surface area contributed by atoms with Gasteiger partial charge in [0.2, 0.25) is 0 Å². The molecule has 0 heterocycles. The van der Waals surface area contributed by atoms with E-state index in [1.54, 1.807) is 0 Å². The minimum Gasteiger partial charge on any atom is -0.0891 e. The molecule has 0 rings (SSSR count). The molecule has 44 valence electrons. The van der Waals surface area contributed by atoms with Crippen molar-refractivity contribution in [2.24, 2.45) is 5.92 Å². The van der Waals surface area contributed by atoms with Crippen molar-refractivity contribution in [1.29, 1.82) is 0 Å². The van der Waals surface area contributed by atoms with Crippen LogP contribution in [0.4, 0.5) is 0 Å². The molecular formula is C6H13Br. The molecule has 0 N–H and O–H groups in total. The third kappa shape index (κ3) is 3.10. The molecule has 0 aliphatic carbocycles. The predicted octanol–water partition coefficient (Wildman–Crippen LogP) is 2.82. The second-order valence-corrected chi connectivity index (χ2v) is 3.51. The van der Waals surface area contributed by atoms with Gasteiger partial charge in [-0.15, -0.1) is 0 Å². The first-order valence-electron chi connectivity index (χ1n) is 2.82. The molecule has 2 atom stereocenters. The maximum absolute atomic E-state index is 3.50. The first kappa shape index (κ1) is 7.48. The highest BCUT2D eigenvalue weighted by molar-refractivity contribution is 9.09. The minimum absolute atomic E-state index is 0.678. The van der Waals surface area contributed by atoms with Crippen molar-refractivity contribution < 1.29 is 0 Å². The zero-order chi connectivity index (χ0) is 5.86. The first-order valence-corrected chi connectivity index (χ1v) is 3.74. The molecule has 0 bridgehead atoms. The van der Waals surface area contributed by atoms with E-state index in [2.05, 4.69) is 36.7 Å². The van der Waals surface area contributed by atoms with Gasteiger partial charge in [0, 0.05) is 4.83 Å². The summed E-state index contributed by atoms with van der Waals surface area (Å²) in [5.74, 6) is 0.819. The van der Waals surface area contributed by atoms with Gasteiger partial charge < -0.3 is 0 Å². The van der Waals surface area contributed by atoms with Crippen molar-refractivity contribution in [3.8, 4) is 0 Å². The number of halogens is 1. The second-order valence-electron chi connectivity index (χ2n) is 2.06.